The molecule has 6 nitrogen and oxygen atoms in total. The highest BCUT2D eigenvalue weighted by atomic mass is 32.2. The summed E-state index contributed by atoms with van der Waals surface area (Å²) < 4.78 is 25.6. The molecule has 0 bridgehead atoms. The van der Waals surface area contributed by atoms with Crippen LogP contribution in [0.15, 0.2) is 77.1 Å². The molecule has 3 rings (SSSR count). The van der Waals surface area contributed by atoms with E-state index >= 15 is 0 Å². The molecular formula is C19H17N3O3S2. The number of hydrogen-bond acceptors (Lipinski definition) is 4. The third kappa shape index (κ3) is 4.48. The topological polar surface area (TPSA) is 94.5 Å². The summed E-state index contributed by atoms with van der Waals surface area (Å²) in [5, 5.41) is 5.19. The fourth-order valence-electron chi connectivity index (χ4n) is 2.48. The van der Waals surface area contributed by atoms with E-state index in [1.807, 2.05) is 30.3 Å². The van der Waals surface area contributed by atoms with Crippen LogP contribution in [-0.4, -0.2) is 18.9 Å². The second-order valence-electron chi connectivity index (χ2n) is 5.65. The molecule has 2 aromatic carbocycles. The zero-order valence-electron chi connectivity index (χ0n) is 14.3. The molecule has 0 spiro atoms. The van der Waals surface area contributed by atoms with Crippen LogP contribution in [0.3, 0.4) is 0 Å². The number of sulfonamides is 1. The van der Waals surface area contributed by atoms with Crippen molar-refractivity contribution in [2.45, 2.75) is 11.4 Å². The first kappa shape index (κ1) is 19.0. The highest BCUT2D eigenvalue weighted by Gasteiger charge is 2.12. The Labute approximate surface area is 160 Å². The Bertz CT molecular complexity index is 1200. The molecule has 0 aliphatic heterocycles. The Morgan fingerprint density at radius 2 is 1.96 bits per heavy atom. The molecule has 2 N–H and O–H groups in total. The highest BCUT2D eigenvalue weighted by Crippen LogP contribution is 2.21. The Balaban J connectivity index is 2.05. The Kier molecular flexibility index (Phi) is 5.50. The minimum atomic E-state index is -3.80. The highest BCUT2D eigenvalue weighted by molar-refractivity contribution is 7.89. The molecule has 138 valence electrons. The van der Waals surface area contributed by atoms with Crippen LogP contribution in [-0.2, 0) is 21.4 Å². The van der Waals surface area contributed by atoms with Crippen LogP contribution in [0.4, 0.5) is 0 Å². The van der Waals surface area contributed by atoms with Crippen molar-refractivity contribution in [2.24, 2.45) is 10.1 Å². The number of nitrogens with zero attached hydrogens (tertiary/aromatic N) is 2. The van der Waals surface area contributed by atoms with E-state index in [4.69, 9.17) is 5.14 Å². The van der Waals surface area contributed by atoms with Crippen LogP contribution in [0, 0.1) is 0 Å². The summed E-state index contributed by atoms with van der Waals surface area (Å²) in [7, 11) is -3.80. The minimum absolute atomic E-state index is 0.0175. The number of carbonyl (C=O) groups excluding carboxylic acids is 1. The van der Waals surface area contributed by atoms with Crippen LogP contribution in [0.1, 0.15) is 5.56 Å². The van der Waals surface area contributed by atoms with Crippen LogP contribution in [0.25, 0.3) is 16.3 Å². The van der Waals surface area contributed by atoms with Crippen molar-refractivity contribution in [3.8, 4) is 0 Å². The van der Waals surface area contributed by atoms with Gasteiger partial charge in [-0.1, -0.05) is 47.7 Å². The first-order valence-corrected chi connectivity index (χ1v) is 10.3. The van der Waals surface area contributed by atoms with Gasteiger partial charge in [0.05, 0.1) is 15.1 Å². The minimum Gasteiger partial charge on any atom is -0.312 e. The van der Waals surface area contributed by atoms with E-state index in [1.54, 1.807) is 22.8 Å². The number of benzene rings is 2. The number of nitrogens with two attached hydrogens (primary N) is 1. The molecule has 0 fully saturated rings. The number of rotatable bonds is 5. The summed E-state index contributed by atoms with van der Waals surface area (Å²) >= 11 is 1.22. The maximum absolute atomic E-state index is 12.2. The van der Waals surface area contributed by atoms with Crippen molar-refractivity contribution >= 4 is 43.6 Å². The summed E-state index contributed by atoms with van der Waals surface area (Å²) in [6, 6.07) is 14.0. The smallest absolute Gasteiger partial charge is 0.272 e. The molecule has 27 heavy (non-hydrogen) atoms. The number of thiazole rings is 1. The van der Waals surface area contributed by atoms with Crippen LogP contribution < -0.4 is 9.94 Å². The summed E-state index contributed by atoms with van der Waals surface area (Å²) in [6.45, 7) is 4.16. The molecular weight excluding hydrogens is 382 g/mol. The SMILES string of the molecule is C=CCn1c(=NC(=O)C=Cc2ccccc2)sc2cc(S(N)(=O)=O)ccc21. The van der Waals surface area contributed by atoms with Crippen molar-refractivity contribution in [1.82, 2.24) is 4.57 Å². The lowest BCUT2D eigenvalue weighted by Gasteiger charge is -2.02. The maximum atomic E-state index is 12.2. The van der Waals surface area contributed by atoms with Gasteiger partial charge in [0.1, 0.15) is 0 Å². The van der Waals surface area contributed by atoms with Gasteiger partial charge >= 0.3 is 0 Å². The number of aromatic nitrogens is 1. The van der Waals surface area contributed by atoms with Gasteiger partial charge in [-0.3, -0.25) is 4.79 Å². The number of amides is 1. The second-order valence-corrected chi connectivity index (χ2v) is 8.22. The molecule has 1 aromatic heterocycles. The van der Waals surface area contributed by atoms with E-state index in [0.29, 0.717) is 16.0 Å². The van der Waals surface area contributed by atoms with Crippen LogP contribution >= 0.6 is 11.3 Å². The zero-order valence-corrected chi connectivity index (χ0v) is 15.9. The monoisotopic (exact) mass is 399 g/mol. The van der Waals surface area contributed by atoms with E-state index in [9.17, 15) is 13.2 Å². The van der Waals surface area contributed by atoms with E-state index in [0.717, 1.165) is 11.1 Å². The summed E-state index contributed by atoms with van der Waals surface area (Å²) in [4.78, 5) is 16.9. The van der Waals surface area contributed by atoms with Crippen molar-refractivity contribution in [1.29, 1.82) is 0 Å². The summed E-state index contributed by atoms with van der Waals surface area (Å²) in [5.74, 6) is -0.408. The average Bonchev–Trinajstić information content (AvgIpc) is 2.97. The van der Waals surface area contributed by atoms with E-state index in [-0.39, 0.29) is 4.90 Å². The normalized spacial score (nSPS) is 12.7. The predicted octanol–water partition coefficient (Wildman–Crippen LogP) is 2.68. The molecule has 0 atom stereocenters. The predicted molar refractivity (Wildman–Crippen MR) is 107 cm³/mol. The fourth-order valence-corrected chi connectivity index (χ4v) is 4.18. The molecule has 0 aliphatic rings. The molecule has 1 heterocycles. The largest absolute Gasteiger partial charge is 0.312 e. The van der Waals surface area contributed by atoms with Crippen molar-refractivity contribution in [3.05, 3.63) is 77.6 Å². The Morgan fingerprint density at radius 1 is 1.22 bits per heavy atom. The van der Waals surface area contributed by atoms with Gasteiger partial charge in [-0.25, -0.2) is 13.6 Å². The Morgan fingerprint density at radius 3 is 2.63 bits per heavy atom. The number of primary sulfonamides is 1. The first-order valence-electron chi connectivity index (χ1n) is 7.97. The van der Waals surface area contributed by atoms with Gasteiger partial charge in [-0.15, -0.1) is 6.58 Å². The Hall–Kier alpha value is -2.81. The third-order valence-corrected chi connectivity index (χ3v) is 5.67. The summed E-state index contributed by atoms with van der Waals surface area (Å²) in [6.07, 6.45) is 4.77. The van der Waals surface area contributed by atoms with Gasteiger partial charge in [0.15, 0.2) is 4.80 Å². The van der Waals surface area contributed by atoms with E-state index in [2.05, 4.69) is 11.6 Å². The zero-order chi connectivity index (χ0) is 19.4. The second kappa shape index (κ2) is 7.83. The van der Waals surface area contributed by atoms with E-state index < -0.39 is 15.9 Å². The molecule has 8 heteroatoms. The van der Waals surface area contributed by atoms with Crippen molar-refractivity contribution in [3.63, 3.8) is 0 Å². The lowest BCUT2D eigenvalue weighted by atomic mass is 10.2. The number of allylic oxidation sites excluding steroid dienone is 1. The van der Waals surface area contributed by atoms with Crippen LogP contribution in [0.2, 0.25) is 0 Å². The van der Waals surface area contributed by atoms with Crippen molar-refractivity contribution in [2.75, 3.05) is 0 Å². The molecule has 0 aliphatic carbocycles. The lowest BCUT2D eigenvalue weighted by Crippen LogP contribution is -2.15. The van der Waals surface area contributed by atoms with Gasteiger partial charge in [0, 0.05) is 12.6 Å². The van der Waals surface area contributed by atoms with Crippen LogP contribution in [0.5, 0.6) is 0 Å². The van der Waals surface area contributed by atoms with Crippen molar-refractivity contribution < 1.29 is 13.2 Å². The lowest BCUT2D eigenvalue weighted by molar-refractivity contribution is -0.113. The summed E-state index contributed by atoms with van der Waals surface area (Å²) in [5.41, 5.74) is 1.65. The molecule has 0 radical (unpaired) electrons. The van der Waals surface area contributed by atoms with E-state index in [1.165, 1.54) is 29.5 Å². The maximum Gasteiger partial charge on any atom is 0.272 e. The quantitative estimate of drug-likeness (QED) is 0.528. The number of fused-ring (bicyclic) bond motifs is 1. The number of carbonyl (C=O) groups is 1. The van der Waals surface area contributed by atoms with Gasteiger partial charge in [0.25, 0.3) is 5.91 Å². The number of hydrogen-bond donors (Lipinski definition) is 1. The molecule has 1 amide bonds. The molecule has 0 unspecified atom stereocenters. The average molecular weight is 399 g/mol. The first-order chi connectivity index (χ1) is 12.9. The van der Waals surface area contributed by atoms with Gasteiger partial charge in [-0.2, -0.15) is 4.99 Å². The van der Waals surface area contributed by atoms with Gasteiger partial charge in [-0.05, 0) is 29.8 Å². The molecule has 0 saturated carbocycles. The molecule has 0 saturated heterocycles. The molecule has 3 aromatic rings. The fraction of sp³-hybridized carbons (Fsp3) is 0.0526. The standard InChI is InChI=1S/C19H17N3O3S2/c1-2-12-22-16-10-9-15(27(20,24)25)13-17(16)26-19(22)21-18(23)11-8-14-6-4-3-5-7-14/h2-11,13H,1,12H2,(H2,20,24,25). The third-order valence-electron chi connectivity index (χ3n) is 3.72. The van der Waals surface area contributed by atoms with Gasteiger partial charge in [0.2, 0.25) is 10.0 Å². The van der Waals surface area contributed by atoms with Gasteiger partial charge < -0.3 is 4.57 Å².